The number of rotatable bonds is 7. The first-order valence-electron chi connectivity index (χ1n) is 11.3. The Morgan fingerprint density at radius 2 is 1.82 bits per heavy atom. The molecule has 1 amide bonds. The van der Waals surface area contributed by atoms with Gasteiger partial charge in [-0.25, -0.2) is 4.98 Å². The van der Waals surface area contributed by atoms with Crippen LogP contribution < -0.4 is 15.0 Å². The van der Waals surface area contributed by atoms with Gasteiger partial charge in [0, 0.05) is 41.7 Å². The lowest BCUT2D eigenvalue weighted by Gasteiger charge is -2.28. The smallest absolute Gasteiger partial charge is 0.255 e. The van der Waals surface area contributed by atoms with Crippen molar-refractivity contribution in [2.24, 2.45) is 0 Å². The van der Waals surface area contributed by atoms with Crippen LogP contribution in [-0.4, -0.2) is 60.5 Å². The highest BCUT2D eigenvalue weighted by Crippen LogP contribution is 2.25. The van der Waals surface area contributed by atoms with Crippen molar-refractivity contribution >= 4 is 28.3 Å². The predicted octanol–water partition coefficient (Wildman–Crippen LogP) is 3.69. The molecule has 0 bridgehead atoms. The number of carbonyl (C=O) groups excluding carboxylic acids is 1. The van der Waals surface area contributed by atoms with Crippen LogP contribution in [0.5, 0.6) is 5.75 Å². The Kier molecular flexibility index (Phi) is 6.42. The maximum atomic E-state index is 12.7. The minimum absolute atomic E-state index is 0.0358. The fourth-order valence-corrected chi connectivity index (χ4v) is 3.94. The minimum Gasteiger partial charge on any atom is -0.491 e. The number of amides is 1. The number of morpholine rings is 1. The summed E-state index contributed by atoms with van der Waals surface area (Å²) in [6, 6.07) is 20.7. The maximum absolute atomic E-state index is 12.7. The van der Waals surface area contributed by atoms with Crippen molar-refractivity contribution in [2.45, 2.75) is 0 Å². The standard InChI is InChI=1S/C26H26N4O4/c31-13-16-34-22-9-10-23-24(17-22)29-25(28-23)18-1-3-19(4-2-18)26(32)27-20-5-7-21(8-6-20)30-11-14-33-15-12-30/h1-10,17,31H,11-16H2,(H,27,32)(H,28,29). The quantitative estimate of drug-likeness (QED) is 0.391. The zero-order valence-corrected chi connectivity index (χ0v) is 18.7. The molecule has 3 N–H and O–H groups in total. The Morgan fingerprint density at radius 1 is 1.06 bits per heavy atom. The van der Waals surface area contributed by atoms with Crippen LogP contribution in [0.2, 0.25) is 0 Å². The summed E-state index contributed by atoms with van der Waals surface area (Å²) < 4.78 is 10.9. The molecule has 5 rings (SSSR count). The van der Waals surface area contributed by atoms with Gasteiger partial charge in [0.15, 0.2) is 0 Å². The summed E-state index contributed by atoms with van der Waals surface area (Å²) in [6.45, 7) is 3.44. The van der Waals surface area contributed by atoms with Gasteiger partial charge in [-0.3, -0.25) is 4.79 Å². The van der Waals surface area contributed by atoms with Gasteiger partial charge in [0.2, 0.25) is 0 Å². The predicted molar refractivity (Wildman–Crippen MR) is 132 cm³/mol. The summed E-state index contributed by atoms with van der Waals surface area (Å²) >= 11 is 0. The molecule has 2 heterocycles. The largest absolute Gasteiger partial charge is 0.491 e. The molecule has 1 aromatic heterocycles. The number of ether oxygens (including phenoxy) is 2. The molecule has 0 saturated carbocycles. The van der Waals surface area contributed by atoms with Crippen LogP contribution in [0.3, 0.4) is 0 Å². The molecule has 0 aliphatic carbocycles. The van der Waals surface area contributed by atoms with Gasteiger partial charge >= 0.3 is 0 Å². The van der Waals surface area contributed by atoms with Crippen molar-refractivity contribution in [1.82, 2.24) is 9.97 Å². The van der Waals surface area contributed by atoms with E-state index in [1.165, 1.54) is 0 Å². The molecule has 0 atom stereocenters. The molecule has 4 aromatic rings. The van der Waals surface area contributed by atoms with E-state index in [1.807, 2.05) is 54.6 Å². The number of aromatic nitrogens is 2. The Hall–Kier alpha value is -3.88. The van der Waals surface area contributed by atoms with Crippen molar-refractivity contribution in [1.29, 1.82) is 0 Å². The molecule has 174 valence electrons. The Labute approximate surface area is 197 Å². The van der Waals surface area contributed by atoms with E-state index in [0.29, 0.717) is 17.1 Å². The average Bonchev–Trinajstić information content (AvgIpc) is 3.32. The number of nitrogens with zero attached hydrogens (tertiary/aromatic N) is 2. The number of anilines is 2. The number of H-pyrrole nitrogens is 1. The van der Waals surface area contributed by atoms with E-state index < -0.39 is 0 Å². The molecule has 0 radical (unpaired) electrons. The fourth-order valence-electron chi connectivity index (χ4n) is 3.94. The third-order valence-electron chi connectivity index (χ3n) is 5.74. The van der Waals surface area contributed by atoms with E-state index >= 15 is 0 Å². The number of aromatic amines is 1. The molecule has 0 spiro atoms. The van der Waals surface area contributed by atoms with Crippen molar-refractivity contribution in [3.63, 3.8) is 0 Å². The molecule has 8 heteroatoms. The Morgan fingerprint density at radius 3 is 2.56 bits per heavy atom. The van der Waals surface area contributed by atoms with Crippen LogP contribution >= 0.6 is 0 Å². The second-order valence-electron chi connectivity index (χ2n) is 8.01. The van der Waals surface area contributed by atoms with E-state index in [2.05, 4.69) is 20.2 Å². The van der Waals surface area contributed by atoms with Gasteiger partial charge in [-0.2, -0.15) is 0 Å². The second-order valence-corrected chi connectivity index (χ2v) is 8.01. The summed E-state index contributed by atoms with van der Waals surface area (Å²) in [7, 11) is 0. The lowest BCUT2D eigenvalue weighted by molar-refractivity contribution is 0.102. The number of aliphatic hydroxyl groups excluding tert-OH is 1. The van der Waals surface area contributed by atoms with Crippen LogP contribution in [0.15, 0.2) is 66.7 Å². The Bertz CT molecular complexity index is 1260. The van der Waals surface area contributed by atoms with Crippen molar-refractivity contribution in [3.05, 3.63) is 72.3 Å². The summed E-state index contributed by atoms with van der Waals surface area (Å²) in [5.41, 5.74) is 4.98. The highest BCUT2D eigenvalue weighted by atomic mass is 16.5. The third-order valence-corrected chi connectivity index (χ3v) is 5.74. The number of benzene rings is 3. The van der Waals surface area contributed by atoms with Gasteiger partial charge in [-0.05, 0) is 48.5 Å². The van der Waals surface area contributed by atoms with E-state index in [1.54, 1.807) is 12.1 Å². The third kappa shape index (κ3) is 4.88. The first kappa shape index (κ1) is 21.9. The van der Waals surface area contributed by atoms with Crippen LogP contribution in [0.4, 0.5) is 11.4 Å². The molecule has 1 aliphatic rings. The minimum atomic E-state index is -0.166. The fraction of sp³-hybridized carbons (Fsp3) is 0.231. The molecule has 1 aliphatic heterocycles. The first-order valence-corrected chi connectivity index (χ1v) is 11.3. The molecular weight excluding hydrogens is 432 g/mol. The van der Waals surface area contributed by atoms with Crippen LogP contribution in [0.1, 0.15) is 10.4 Å². The van der Waals surface area contributed by atoms with E-state index in [0.717, 1.165) is 54.3 Å². The average molecular weight is 459 g/mol. The van der Waals surface area contributed by atoms with Crippen LogP contribution in [-0.2, 0) is 4.74 Å². The van der Waals surface area contributed by atoms with Gasteiger partial charge in [0.1, 0.15) is 18.2 Å². The second kappa shape index (κ2) is 9.94. The van der Waals surface area contributed by atoms with Crippen LogP contribution in [0, 0.1) is 0 Å². The SMILES string of the molecule is O=C(Nc1ccc(N2CCOCC2)cc1)c1ccc(-c2nc3ccc(OCCO)cc3[nH]2)cc1. The van der Waals surface area contributed by atoms with Crippen molar-refractivity contribution in [3.8, 4) is 17.1 Å². The molecule has 0 unspecified atom stereocenters. The van der Waals surface area contributed by atoms with E-state index in [4.69, 9.17) is 14.6 Å². The number of nitrogens with one attached hydrogen (secondary N) is 2. The number of imidazole rings is 1. The zero-order chi connectivity index (χ0) is 23.3. The van der Waals surface area contributed by atoms with Gasteiger partial charge in [0.25, 0.3) is 5.91 Å². The van der Waals surface area contributed by atoms with Gasteiger partial charge in [-0.1, -0.05) is 12.1 Å². The molecule has 34 heavy (non-hydrogen) atoms. The molecule has 1 saturated heterocycles. The van der Waals surface area contributed by atoms with Crippen molar-refractivity contribution in [2.75, 3.05) is 49.7 Å². The Balaban J connectivity index is 1.25. The first-order chi connectivity index (χ1) is 16.7. The van der Waals surface area contributed by atoms with Gasteiger partial charge < -0.3 is 29.8 Å². The number of hydrogen-bond donors (Lipinski definition) is 3. The van der Waals surface area contributed by atoms with Crippen LogP contribution in [0.25, 0.3) is 22.4 Å². The highest BCUT2D eigenvalue weighted by Gasteiger charge is 2.12. The highest BCUT2D eigenvalue weighted by molar-refractivity contribution is 6.04. The topological polar surface area (TPSA) is 99.7 Å². The number of hydrogen-bond acceptors (Lipinski definition) is 6. The monoisotopic (exact) mass is 458 g/mol. The van der Waals surface area contributed by atoms with Gasteiger partial charge in [-0.15, -0.1) is 0 Å². The maximum Gasteiger partial charge on any atom is 0.255 e. The molecular formula is C26H26N4O4. The van der Waals surface area contributed by atoms with E-state index in [9.17, 15) is 4.79 Å². The normalized spacial score (nSPS) is 13.7. The lowest BCUT2D eigenvalue weighted by atomic mass is 10.1. The van der Waals surface area contributed by atoms with E-state index in [-0.39, 0.29) is 19.1 Å². The summed E-state index contributed by atoms with van der Waals surface area (Å²) in [6.07, 6.45) is 0. The molecule has 8 nitrogen and oxygen atoms in total. The summed E-state index contributed by atoms with van der Waals surface area (Å²) in [4.78, 5) is 22.9. The summed E-state index contributed by atoms with van der Waals surface area (Å²) in [5.74, 6) is 1.21. The number of aliphatic hydroxyl groups is 1. The number of carbonyl (C=O) groups is 1. The van der Waals surface area contributed by atoms with Crippen molar-refractivity contribution < 1.29 is 19.4 Å². The molecule has 3 aromatic carbocycles. The number of fused-ring (bicyclic) bond motifs is 1. The zero-order valence-electron chi connectivity index (χ0n) is 18.7. The van der Waals surface area contributed by atoms with Gasteiger partial charge in [0.05, 0.1) is 30.9 Å². The molecule has 1 fully saturated rings. The lowest BCUT2D eigenvalue weighted by Crippen LogP contribution is -2.36. The summed E-state index contributed by atoms with van der Waals surface area (Å²) in [5, 5.41) is 11.9.